The molecule has 0 aromatic rings. The van der Waals surface area contributed by atoms with Crippen LogP contribution in [0.5, 0.6) is 0 Å². The summed E-state index contributed by atoms with van der Waals surface area (Å²) < 4.78 is 0. The van der Waals surface area contributed by atoms with Crippen LogP contribution in [0, 0.1) is 40.9 Å². The minimum atomic E-state index is 0.643. The van der Waals surface area contributed by atoms with E-state index in [0.717, 1.165) is 35.5 Å². The van der Waals surface area contributed by atoms with Crippen molar-refractivity contribution < 1.29 is 0 Å². The Bertz CT molecular complexity index is 364. The number of hydrogen-bond acceptors (Lipinski definition) is 0. The zero-order valence-corrected chi connectivity index (χ0v) is 14.1. The molecule has 0 N–H and O–H groups in total. The molecule has 0 bridgehead atoms. The van der Waals surface area contributed by atoms with Crippen LogP contribution < -0.4 is 0 Å². The Morgan fingerprint density at radius 1 is 0.950 bits per heavy atom. The Labute approximate surface area is 126 Å². The Hall–Kier alpha value is -0.260. The fourth-order valence-electron chi connectivity index (χ4n) is 5.73. The third kappa shape index (κ3) is 2.60. The molecule has 3 saturated carbocycles. The van der Waals surface area contributed by atoms with Gasteiger partial charge in [0.15, 0.2) is 0 Å². The number of hydrogen-bond donors (Lipinski definition) is 0. The number of allylic oxidation sites excluding steroid dienone is 2. The van der Waals surface area contributed by atoms with E-state index in [0.29, 0.717) is 5.41 Å². The predicted molar refractivity (Wildman–Crippen MR) is 87.5 cm³/mol. The molecular formula is C20H34. The number of rotatable bonds is 4. The summed E-state index contributed by atoms with van der Waals surface area (Å²) in [5.74, 6) is 5.56. The topological polar surface area (TPSA) is 0 Å². The first-order valence-corrected chi connectivity index (χ1v) is 9.20. The molecule has 3 aliphatic rings. The van der Waals surface area contributed by atoms with Crippen molar-refractivity contribution in [1.29, 1.82) is 0 Å². The molecule has 3 rings (SSSR count). The van der Waals surface area contributed by atoms with E-state index in [1.165, 1.54) is 44.9 Å². The molecule has 0 amide bonds. The maximum Gasteiger partial charge on any atom is -0.0228 e. The number of fused-ring (bicyclic) bond motifs is 1. The molecule has 0 spiro atoms. The van der Waals surface area contributed by atoms with E-state index in [4.69, 9.17) is 0 Å². The van der Waals surface area contributed by atoms with Crippen LogP contribution in [0.15, 0.2) is 12.2 Å². The smallest absolute Gasteiger partial charge is 0.0228 e. The second kappa shape index (κ2) is 5.50. The van der Waals surface area contributed by atoms with Gasteiger partial charge in [0.1, 0.15) is 0 Å². The molecule has 0 radical (unpaired) electrons. The highest BCUT2D eigenvalue weighted by molar-refractivity contribution is 5.05. The van der Waals surface area contributed by atoms with Gasteiger partial charge in [0.05, 0.1) is 0 Å². The van der Waals surface area contributed by atoms with Crippen LogP contribution in [-0.4, -0.2) is 0 Å². The van der Waals surface area contributed by atoms with Crippen LogP contribution in [0.4, 0.5) is 0 Å². The molecule has 0 heterocycles. The second-order valence-corrected chi connectivity index (χ2v) is 8.61. The van der Waals surface area contributed by atoms with E-state index >= 15 is 0 Å². The molecule has 0 aliphatic heterocycles. The van der Waals surface area contributed by atoms with Gasteiger partial charge in [-0.15, -0.1) is 0 Å². The van der Waals surface area contributed by atoms with Crippen molar-refractivity contribution in [3.05, 3.63) is 12.2 Å². The molecule has 0 heteroatoms. The lowest BCUT2D eigenvalue weighted by Gasteiger charge is -2.45. The van der Waals surface area contributed by atoms with Gasteiger partial charge in [-0.05, 0) is 73.0 Å². The maximum absolute atomic E-state index is 2.62. The molecule has 3 fully saturated rings. The molecule has 20 heavy (non-hydrogen) atoms. The summed E-state index contributed by atoms with van der Waals surface area (Å²) in [6, 6.07) is 0. The molecule has 0 aromatic heterocycles. The van der Waals surface area contributed by atoms with Gasteiger partial charge in [0.2, 0.25) is 0 Å². The van der Waals surface area contributed by atoms with Gasteiger partial charge < -0.3 is 0 Å². The highest BCUT2D eigenvalue weighted by atomic mass is 14.6. The van der Waals surface area contributed by atoms with Crippen molar-refractivity contribution in [2.24, 2.45) is 40.9 Å². The third-order valence-corrected chi connectivity index (χ3v) is 7.26. The zero-order chi connectivity index (χ0) is 14.3. The average Bonchev–Trinajstić information content (AvgIpc) is 3.18. The molecule has 114 valence electrons. The summed E-state index contributed by atoms with van der Waals surface area (Å²) in [6.45, 7) is 10.1. The van der Waals surface area contributed by atoms with Crippen LogP contribution in [-0.2, 0) is 0 Å². The lowest BCUT2D eigenvalue weighted by molar-refractivity contribution is 0.0452. The minimum absolute atomic E-state index is 0.643. The van der Waals surface area contributed by atoms with E-state index < -0.39 is 0 Å². The van der Waals surface area contributed by atoms with E-state index in [1.807, 2.05) is 0 Å². The Balaban J connectivity index is 1.66. The molecule has 0 unspecified atom stereocenters. The van der Waals surface area contributed by atoms with Gasteiger partial charge in [0, 0.05) is 0 Å². The first-order chi connectivity index (χ1) is 9.52. The maximum atomic E-state index is 2.62. The average molecular weight is 274 g/mol. The third-order valence-electron chi connectivity index (χ3n) is 7.26. The van der Waals surface area contributed by atoms with Gasteiger partial charge in [-0.2, -0.15) is 0 Å². The van der Waals surface area contributed by atoms with Gasteiger partial charge in [0.25, 0.3) is 0 Å². The van der Waals surface area contributed by atoms with Gasteiger partial charge in [-0.25, -0.2) is 0 Å². The summed E-state index contributed by atoms with van der Waals surface area (Å²) in [5.41, 5.74) is 0.643. The summed E-state index contributed by atoms with van der Waals surface area (Å²) >= 11 is 0. The van der Waals surface area contributed by atoms with Crippen molar-refractivity contribution in [1.82, 2.24) is 0 Å². The van der Waals surface area contributed by atoms with Crippen molar-refractivity contribution in [3.8, 4) is 0 Å². The zero-order valence-electron chi connectivity index (χ0n) is 14.1. The van der Waals surface area contributed by atoms with E-state index in [9.17, 15) is 0 Å². The fraction of sp³-hybridized carbons (Fsp3) is 0.900. The highest BCUT2D eigenvalue weighted by Gasteiger charge is 2.50. The van der Waals surface area contributed by atoms with E-state index in [2.05, 4.69) is 39.8 Å². The Morgan fingerprint density at radius 3 is 2.35 bits per heavy atom. The predicted octanol–water partition coefficient (Wildman–Crippen LogP) is 6.08. The standard InChI is InChI=1S/C20H34/c1-14(17-9-10-17)7-8-16(3)19-12-11-18-15(2)6-5-13-20(18,19)4/h7-8,14-19H,5-6,9-13H2,1-4H3/b8-7+/t14-,15-,16+,18-,19-,20-/m0/s1. The lowest BCUT2D eigenvalue weighted by atomic mass is 9.60. The highest BCUT2D eigenvalue weighted by Crippen LogP contribution is 2.59. The SMILES string of the molecule is C[C@H](/C=C/[C@H](C)C1CC1)[C@@H]1CC[C@H]2[C@@H](C)CCC[C@]12C. The molecular weight excluding hydrogens is 240 g/mol. The van der Waals surface area contributed by atoms with Crippen LogP contribution in [0.1, 0.15) is 72.6 Å². The lowest BCUT2D eigenvalue weighted by Crippen LogP contribution is -2.37. The quantitative estimate of drug-likeness (QED) is 0.545. The molecule has 0 saturated heterocycles. The van der Waals surface area contributed by atoms with Crippen LogP contribution in [0.2, 0.25) is 0 Å². The monoisotopic (exact) mass is 274 g/mol. The Morgan fingerprint density at radius 2 is 1.65 bits per heavy atom. The minimum Gasteiger partial charge on any atom is -0.0851 e. The van der Waals surface area contributed by atoms with Crippen LogP contribution in [0.25, 0.3) is 0 Å². The summed E-state index contributed by atoms with van der Waals surface area (Å²) in [4.78, 5) is 0. The van der Waals surface area contributed by atoms with E-state index in [-0.39, 0.29) is 0 Å². The van der Waals surface area contributed by atoms with Gasteiger partial charge in [-0.3, -0.25) is 0 Å². The van der Waals surface area contributed by atoms with Crippen LogP contribution >= 0.6 is 0 Å². The molecule has 0 nitrogen and oxygen atoms in total. The van der Waals surface area contributed by atoms with Crippen LogP contribution in [0.3, 0.4) is 0 Å². The van der Waals surface area contributed by atoms with Gasteiger partial charge in [-0.1, -0.05) is 52.7 Å². The summed E-state index contributed by atoms with van der Waals surface area (Å²) in [5, 5.41) is 0. The molecule has 3 aliphatic carbocycles. The Kier molecular flexibility index (Phi) is 4.04. The largest absolute Gasteiger partial charge is 0.0851 e. The van der Waals surface area contributed by atoms with Crippen molar-refractivity contribution >= 4 is 0 Å². The summed E-state index contributed by atoms with van der Waals surface area (Å²) in [6.07, 6.45) is 15.5. The first kappa shape index (κ1) is 14.7. The van der Waals surface area contributed by atoms with Crippen molar-refractivity contribution in [2.75, 3.05) is 0 Å². The van der Waals surface area contributed by atoms with Crippen molar-refractivity contribution in [2.45, 2.75) is 72.6 Å². The fourth-order valence-corrected chi connectivity index (χ4v) is 5.73. The molecule has 0 aromatic carbocycles. The first-order valence-electron chi connectivity index (χ1n) is 9.20. The summed E-state index contributed by atoms with van der Waals surface area (Å²) in [7, 11) is 0. The van der Waals surface area contributed by atoms with Crippen molar-refractivity contribution in [3.63, 3.8) is 0 Å². The second-order valence-electron chi connectivity index (χ2n) is 8.61. The normalized spacial score (nSPS) is 44.5. The van der Waals surface area contributed by atoms with E-state index in [1.54, 1.807) is 0 Å². The molecule has 6 atom stereocenters. The van der Waals surface area contributed by atoms with Gasteiger partial charge >= 0.3 is 0 Å².